The number of anilines is 1. The zero-order valence-corrected chi connectivity index (χ0v) is 12.7. The zero-order chi connectivity index (χ0) is 14.7. The third kappa shape index (κ3) is 3.13. The number of rotatable bonds is 4. The number of para-hydroxylation sites is 1. The van der Waals surface area contributed by atoms with Crippen LogP contribution >= 0.6 is 0 Å². The van der Waals surface area contributed by atoms with Crippen LogP contribution in [0.2, 0.25) is 0 Å². The van der Waals surface area contributed by atoms with E-state index >= 15 is 0 Å². The van der Waals surface area contributed by atoms with E-state index in [0.717, 1.165) is 28.3 Å². The van der Waals surface area contributed by atoms with E-state index in [1.165, 1.54) is 0 Å². The molecule has 0 amide bonds. The first kappa shape index (κ1) is 14.4. The molecule has 0 radical (unpaired) electrons. The summed E-state index contributed by atoms with van der Waals surface area (Å²) in [6.07, 6.45) is 0. The van der Waals surface area contributed by atoms with Gasteiger partial charge in [-0.05, 0) is 47.2 Å². The molecule has 0 aliphatic heterocycles. The Morgan fingerprint density at radius 2 is 1.30 bits per heavy atom. The molecule has 2 N–H and O–H groups in total. The van der Waals surface area contributed by atoms with Crippen LogP contribution in [0.4, 0.5) is 5.69 Å². The van der Waals surface area contributed by atoms with Crippen LogP contribution in [0.5, 0.6) is 11.5 Å². The van der Waals surface area contributed by atoms with Gasteiger partial charge in [-0.1, -0.05) is 45.9 Å². The van der Waals surface area contributed by atoms with E-state index in [1.807, 2.05) is 30.3 Å². The second kappa shape index (κ2) is 6.00. The molecule has 0 saturated heterocycles. The summed E-state index contributed by atoms with van der Waals surface area (Å²) >= 11 is 0. The lowest BCUT2D eigenvalue weighted by atomic mass is 9.92. The van der Waals surface area contributed by atoms with Gasteiger partial charge >= 0.3 is 0 Å². The Morgan fingerprint density at radius 1 is 0.800 bits per heavy atom. The fourth-order valence-electron chi connectivity index (χ4n) is 2.31. The summed E-state index contributed by atoms with van der Waals surface area (Å²) in [5, 5.41) is 0. The third-order valence-electron chi connectivity index (χ3n) is 3.44. The van der Waals surface area contributed by atoms with Crippen LogP contribution in [0.1, 0.15) is 50.7 Å². The number of hydrogen-bond acceptors (Lipinski definition) is 2. The van der Waals surface area contributed by atoms with Crippen LogP contribution in [0, 0.1) is 0 Å². The van der Waals surface area contributed by atoms with Crippen LogP contribution in [0.15, 0.2) is 42.5 Å². The molecule has 20 heavy (non-hydrogen) atoms. The Morgan fingerprint density at radius 3 is 1.75 bits per heavy atom. The van der Waals surface area contributed by atoms with Crippen molar-refractivity contribution in [1.82, 2.24) is 0 Å². The highest BCUT2D eigenvalue weighted by molar-refractivity contribution is 5.60. The van der Waals surface area contributed by atoms with Crippen molar-refractivity contribution in [2.24, 2.45) is 0 Å². The minimum Gasteiger partial charge on any atom is -0.457 e. The Hall–Kier alpha value is -1.96. The molecule has 2 aromatic rings. The smallest absolute Gasteiger partial charge is 0.128 e. The topological polar surface area (TPSA) is 35.2 Å². The molecule has 0 aliphatic carbocycles. The van der Waals surface area contributed by atoms with Crippen molar-refractivity contribution in [3.63, 3.8) is 0 Å². The summed E-state index contributed by atoms with van der Waals surface area (Å²) in [4.78, 5) is 0. The molecule has 0 unspecified atom stereocenters. The molecule has 0 heterocycles. The summed E-state index contributed by atoms with van der Waals surface area (Å²) < 4.78 is 5.96. The number of nitrogens with two attached hydrogens (primary N) is 1. The van der Waals surface area contributed by atoms with Gasteiger partial charge in [-0.2, -0.15) is 0 Å². The second-order valence-electron chi connectivity index (χ2n) is 5.74. The van der Waals surface area contributed by atoms with Crippen LogP contribution in [-0.2, 0) is 0 Å². The number of hydrogen-bond donors (Lipinski definition) is 1. The standard InChI is InChI=1S/C18H23NO/c1-12(2)16-10-15(11-17(13(3)4)18(16)19)20-14-8-6-5-7-9-14/h5-13H,19H2,1-4H3. The van der Waals surface area contributed by atoms with Crippen molar-refractivity contribution in [3.05, 3.63) is 53.6 Å². The lowest BCUT2D eigenvalue weighted by Crippen LogP contribution is -2.04. The Kier molecular flexibility index (Phi) is 4.33. The lowest BCUT2D eigenvalue weighted by molar-refractivity contribution is 0.480. The van der Waals surface area contributed by atoms with Crippen molar-refractivity contribution < 1.29 is 4.74 Å². The maximum Gasteiger partial charge on any atom is 0.128 e. The maximum atomic E-state index is 6.29. The first-order chi connectivity index (χ1) is 9.49. The minimum absolute atomic E-state index is 0.381. The molecule has 0 aliphatic rings. The normalized spacial score (nSPS) is 11.1. The van der Waals surface area contributed by atoms with Gasteiger partial charge in [0.05, 0.1) is 0 Å². The number of ether oxygens (including phenoxy) is 1. The second-order valence-corrected chi connectivity index (χ2v) is 5.74. The zero-order valence-electron chi connectivity index (χ0n) is 12.7. The molecule has 2 rings (SSSR count). The molecular formula is C18H23NO. The van der Waals surface area contributed by atoms with Crippen molar-refractivity contribution >= 4 is 5.69 Å². The predicted molar refractivity (Wildman–Crippen MR) is 85.5 cm³/mol. The molecule has 106 valence electrons. The van der Waals surface area contributed by atoms with E-state index in [-0.39, 0.29) is 0 Å². The van der Waals surface area contributed by atoms with Gasteiger partial charge in [0.2, 0.25) is 0 Å². The van der Waals surface area contributed by atoms with E-state index in [9.17, 15) is 0 Å². The van der Waals surface area contributed by atoms with E-state index in [2.05, 4.69) is 39.8 Å². The number of benzene rings is 2. The first-order valence-corrected chi connectivity index (χ1v) is 7.15. The Bertz CT molecular complexity index is 544. The summed E-state index contributed by atoms with van der Waals surface area (Å²) in [5.74, 6) is 2.47. The molecule has 2 heteroatoms. The molecule has 2 aromatic carbocycles. The molecule has 0 spiro atoms. The highest BCUT2D eigenvalue weighted by atomic mass is 16.5. The predicted octanol–water partition coefficient (Wildman–Crippen LogP) is 5.31. The highest BCUT2D eigenvalue weighted by Crippen LogP contribution is 2.35. The largest absolute Gasteiger partial charge is 0.457 e. The van der Waals surface area contributed by atoms with Crippen LogP contribution in [0.25, 0.3) is 0 Å². The van der Waals surface area contributed by atoms with Gasteiger partial charge in [-0.3, -0.25) is 0 Å². The van der Waals surface area contributed by atoms with E-state index < -0.39 is 0 Å². The fourth-order valence-corrected chi connectivity index (χ4v) is 2.31. The van der Waals surface area contributed by atoms with Crippen LogP contribution in [0.3, 0.4) is 0 Å². The van der Waals surface area contributed by atoms with Crippen molar-refractivity contribution in [1.29, 1.82) is 0 Å². The quantitative estimate of drug-likeness (QED) is 0.763. The van der Waals surface area contributed by atoms with Gasteiger partial charge in [0.1, 0.15) is 11.5 Å². The van der Waals surface area contributed by atoms with Crippen molar-refractivity contribution in [2.75, 3.05) is 5.73 Å². The summed E-state index contributed by atoms with van der Waals surface area (Å²) in [6.45, 7) is 8.62. The van der Waals surface area contributed by atoms with Gasteiger partial charge in [-0.15, -0.1) is 0 Å². The van der Waals surface area contributed by atoms with E-state index in [1.54, 1.807) is 0 Å². The summed E-state index contributed by atoms with van der Waals surface area (Å²) in [5.41, 5.74) is 9.50. The van der Waals surface area contributed by atoms with Gasteiger partial charge < -0.3 is 10.5 Å². The van der Waals surface area contributed by atoms with Gasteiger partial charge in [0, 0.05) is 5.69 Å². The fraction of sp³-hybridized carbons (Fsp3) is 0.333. The molecule has 0 fully saturated rings. The summed E-state index contributed by atoms with van der Waals surface area (Å²) in [6, 6.07) is 14.0. The first-order valence-electron chi connectivity index (χ1n) is 7.15. The SMILES string of the molecule is CC(C)c1cc(Oc2ccccc2)cc(C(C)C)c1N. The van der Waals surface area contributed by atoms with Crippen LogP contribution < -0.4 is 10.5 Å². The van der Waals surface area contributed by atoms with Gasteiger partial charge in [-0.25, -0.2) is 0 Å². The molecule has 0 atom stereocenters. The van der Waals surface area contributed by atoms with Gasteiger partial charge in [0.25, 0.3) is 0 Å². The third-order valence-corrected chi connectivity index (χ3v) is 3.44. The highest BCUT2D eigenvalue weighted by Gasteiger charge is 2.14. The monoisotopic (exact) mass is 269 g/mol. The average molecular weight is 269 g/mol. The molecule has 0 saturated carbocycles. The molecule has 0 aromatic heterocycles. The molecular weight excluding hydrogens is 246 g/mol. The minimum atomic E-state index is 0.381. The van der Waals surface area contributed by atoms with Gasteiger partial charge in [0.15, 0.2) is 0 Å². The lowest BCUT2D eigenvalue weighted by Gasteiger charge is -2.18. The Labute approximate surface area is 121 Å². The van der Waals surface area contributed by atoms with E-state index in [0.29, 0.717) is 11.8 Å². The van der Waals surface area contributed by atoms with Crippen molar-refractivity contribution in [2.45, 2.75) is 39.5 Å². The summed E-state index contributed by atoms with van der Waals surface area (Å²) in [7, 11) is 0. The van der Waals surface area contributed by atoms with Crippen LogP contribution in [-0.4, -0.2) is 0 Å². The maximum absolute atomic E-state index is 6.29. The average Bonchev–Trinajstić information content (AvgIpc) is 2.41. The number of nitrogen functional groups attached to an aromatic ring is 1. The Balaban J connectivity index is 2.43. The molecule has 2 nitrogen and oxygen atoms in total. The molecule has 0 bridgehead atoms. The van der Waals surface area contributed by atoms with E-state index in [4.69, 9.17) is 10.5 Å². The van der Waals surface area contributed by atoms with Crippen molar-refractivity contribution in [3.8, 4) is 11.5 Å².